The van der Waals surface area contributed by atoms with E-state index in [9.17, 15) is 4.79 Å². The third kappa shape index (κ3) is 3.52. The molecular weight excluding hydrogens is 242 g/mol. The van der Waals surface area contributed by atoms with Crippen LogP contribution in [0.1, 0.15) is 29.4 Å². The van der Waals surface area contributed by atoms with Gasteiger partial charge in [-0.3, -0.25) is 4.90 Å². The van der Waals surface area contributed by atoms with Gasteiger partial charge in [-0.05, 0) is 31.2 Å². The Labute approximate surface area is 113 Å². The van der Waals surface area contributed by atoms with Crippen molar-refractivity contribution in [2.24, 2.45) is 0 Å². The van der Waals surface area contributed by atoms with E-state index in [1.165, 1.54) is 0 Å². The molecule has 1 aromatic rings. The van der Waals surface area contributed by atoms with Gasteiger partial charge >= 0.3 is 5.97 Å². The standard InChI is InChI=1S/C14H21N3O2/c1-3-12-10-17(7-6-16(12)2)9-11-4-5-15-13(8-11)14(18)19/h4-5,8,12H,3,6-7,9-10H2,1-2H3,(H,18,19). The van der Waals surface area contributed by atoms with Crippen LogP contribution in [0.25, 0.3) is 0 Å². The molecule has 5 heteroatoms. The summed E-state index contributed by atoms with van der Waals surface area (Å²) in [5, 5.41) is 8.95. The molecule has 1 aromatic heterocycles. The van der Waals surface area contributed by atoms with Crippen molar-refractivity contribution in [1.82, 2.24) is 14.8 Å². The highest BCUT2D eigenvalue weighted by atomic mass is 16.4. The van der Waals surface area contributed by atoms with Gasteiger partial charge in [0.15, 0.2) is 0 Å². The van der Waals surface area contributed by atoms with E-state index < -0.39 is 5.97 Å². The number of hydrogen-bond donors (Lipinski definition) is 1. The molecule has 1 fully saturated rings. The summed E-state index contributed by atoms with van der Waals surface area (Å²) in [5.74, 6) is -0.966. The van der Waals surface area contributed by atoms with Crippen molar-refractivity contribution in [1.29, 1.82) is 0 Å². The normalized spacial score (nSPS) is 21.5. The van der Waals surface area contributed by atoms with Crippen molar-refractivity contribution in [3.8, 4) is 0 Å². The highest BCUT2D eigenvalue weighted by Crippen LogP contribution is 2.14. The maximum atomic E-state index is 10.9. The number of nitrogens with zero attached hydrogens (tertiary/aromatic N) is 3. The van der Waals surface area contributed by atoms with Gasteiger partial charge < -0.3 is 10.0 Å². The first-order valence-electron chi connectivity index (χ1n) is 6.71. The number of rotatable bonds is 4. The van der Waals surface area contributed by atoms with E-state index in [1.807, 2.05) is 6.07 Å². The Morgan fingerprint density at radius 1 is 1.53 bits per heavy atom. The van der Waals surface area contributed by atoms with Crippen molar-refractivity contribution in [3.63, 3.8) is 0 Å². The fraction of sp³-hybridized carbons (Fsp3) is 0.571. The van der Waals surface area contributed by atoms with Gasteiger partial charge in [0.05, 0.1) is 0 Å². The molecule has 0 radical (unpaired) electrons. The minimum atomic E-state index is -0.966. The summed E-state index contributed by atoms with van der Waals surface area (Å²) in [4.78, 5) is 19.5. The van der Waals surface area contributed by atoms with Crippen LogP contribution in [0, 0.1) is 0 Å². The smallest absolute Gasteiger partial charge is 0.354 e. The van der Waals surface area contributed by atoms with Crippen LogP contribution < -0.4 is 0 Å². The van der Waals surface area contributed by atoms with Crippen molar-refractivity contribution in [2.75, 3.05) is 26.7 Å². The zero-order valence-electron chi connectivity index (χ0n) is 11.5. The molecule has 19 heavy (non-hydrogen) atoms. The molecule has 1 N–H and O–H groups in total. The van der Waals surface area contributed by atoms with E-state index in [0.29, 0.717) is 6.04 Å². The Morgan fingerprint density at radius 2 is 2.32 bits per heavy atom. The highest BCUT2D eigenvalue weighted by Gasteiger charge is 2.22. The lowest BCUT2D eigenvalue weighted by Gasteiger charge is -2.39. The van der Waals surface area contributed by atoms with E-state index in [1.54, 1.807) is 12.3 Å². The van der Waals surface area contributed by atoms with Crippen molar-refractivity contribution < 1.29 is 9.90 Å². The monoisotopic (exact) mass is 263 g/mol. The summed E-state index contributed by atoms with van der Waals surface area (Å²) in [6.45, 7) is 6.14. The van der Waals surface area contributed by atoms with E-state index in [2.05, 4.69) is 28.8 Å². The van der Waals surface area contributed by atoms with E-state index in [-0.39, 0.29) is 5.69 Å². The number of carboxylic acid groups (broad SMARTS) is 1. The Kier molecular flexibility index (Phi) is 4.50. The fourth-order valence-corrected chi connectivity index (χ4v) is 2.54. The SMILES string of the molecule is CCC1CN(Cc2ccnc(C(=O)O)c2)CCN1C. The molecule has 0 bridgehead atoms. The summed E-state index contributed by atoms with van der Waals surface area (Å²) >= 11 is 0. The molecule has 5 nitrogen and oxygen atoms in total. The van der Waals surface area contributed by atoms with E-state index in [0.717, 1.165) is 38.2 Å². The predicted octanol–water partition coefficient (Wildman–Crippen LogP) is 1.31. The number of carbonyl (C=O) groups is 1. The van der Waals surface area contributed by atoms with Gasteiger partial charge in [-0.2, -0.15) is 0 Å². The fourth-order valence-electron chi connectivity index (χ4n) is 2.54. The first-order chi connectivity index (χ1) is 9.10. The second-order valence-corrected chi connectivity index (χ2v) is 5.13. The van der Waals surface area contributed by atoms with E-state index in [4.69, 9.17) is 5.11 Å². The third-order valence-corrected chi connectivity index (χ3v) is 3.78. The molecule has 1 aliphatic heterocycles. The van der Waals surface area contributed by atoms with Crippen molar-refractivity contribution in [3.05, 3.63) is 29.6 Å². The number of piperazine rings is 1. The minimum absolute atomic E-state index is 0.124. The first-order valence-corrected chi connectivity index (χ1v) is 6.71. The second-order valence-electron chi connectivity index (χ2n) is 5.13. The number of aromatic carboxylic acids is 1. The van der Waals surface area contributed by atoms with Crippen molar-refractivity contribution in [2.45, 2.75) is 25.9 Å². The second kappa shape index (κ2) is 6.12. The first kappa shape index (κ1) is 14.0. The van der Waals surface area contributed by atoms with Crippen LogP contribution in [0.3, 0.4) is 0 Å². The summed E-state index contributed by atoms with van der Waals surface area (Å²) in [6.07, 6.45) is 2.72. The lowest BCUT2D eigenvalue weighted by atomic mass is 10.1. The van der Waals surface area contributed by atoms with Crippen LogP contribution in [0.4, 0.5) is 0 Å². The quantitative estimate of drug-likeness (QED) is 0.887. The van der Waals surface area contributed by atoms with Gasteiger partial charge in [-0.15, -0.1) is 0 Å². The van der Waals surface area contributed by atoms with Gasteiger partial charge in [0.2, 0.25) is 0 Å². The number of pyridine rings is 1. The lowest BCUT2D eigenvalue weighted by molar-refractivity contribution is 0.0689. The van der Waals surface area contributed by atoms with Gasteiger partial charge in [0.1, 0.15) is 5.69 Å². The zero-order valence-corrected chi connectivity index (χ0v) is 11.5. The summed E-state index contributed by atoms with van der Waals surface area (Å²) in [7, 11) is 2.17. The summed E-state index contributed by atoms with van der Waals surface area (Å²) in [5.41, 5.74) is 1.14. The molecule has 0 spiro atoms. The van der Waals surface area contributed by atoms with Crippen LogP contribution in [0.5, 0.6) is 0 Å². The summed E-state index contributed by atoms with van der Waals surface area (Å²) < 4.78 is 0. The molecule has 0 aromatic carbocycles. The molecule has 1 saturated heterocycles. The third-order valence-electron chi connectivity index (χ3n) is 3.78. The lowest BCUT2D eigenvalue weighted by Crippen LogP contribution is -2.50. The molecule has 0 amide bonds. The Bertz CT molecular complexity index is 450. The Morgan fingerprint density at radius 3 is 3.00 bits per heavy atom. The maximum absolute atomic E-state index is 10.9. The van der Waals surface area contributed by atoms with Crippen LogP contribution >= 0.6 is 0 Å². The predicted molar refractivity (Wildman–Crippen MR) is 73.2 cm³/mol. The Hall–Kier alpha value is -1.46. The average Bonchev–Trinajstić information content (AvgIpc) is 2.41. The number of carboxylic acids is 1. The topological polar surface area (TPSA) is 56.7 Å². The molecule has 0 saturated carbocycles. The van der Waals surface area contributed by atoms with Crippen LogP contribution in [-0.2, 0) is 6.54 Å². The van der Waals surface area contributed by atoms with Gasteiger partial charge in [0, 0.05) is 38.4 Å². The van der Waals surface area contributed by atoms with E-state index >= 15 is 0 Å². The largest absolute Gasteiger partial charge is 0.477 e. The molecular formula is C14H21N3O2. The molecule has 0 aliphatic carbocycles. The number of likely N-dealkylation sites (N-methyl/N-ethyl adjacent to an activating group) is 1. The number of hydrogen-bond acceptors (Lipinski definition) is 4. The highest BCUT2D eigenvalue weighted by molar-refractivity contribution is 5.85. The van der Waals surface area contributed by atoms with Gasteiger partial charge in [-0.25, -0.2) is 9.78 Å². The number of aromatic nitrogens is 1. The minimum Gasteiger partial charge on any atom is -0.477 e. The molecule has 2 rings (SSSR count). The van der Waals surface area contributed by atoms with Gasteiger partial charge in [-0.1, -0.05) is 6.92 Å². The molecule has 2 heterocycles. The Balaban J connectivity index is 2.01. The zero-order chi connectivity index (χ0) is 13.8. The summed E-state index contributed by atoms with van der Waals surface area (Å²) in [6, 6.07) is 4.15. The molecule has 1 atom stereocenters. The molecule has 104 valence electrons. The average molecular weight is 263 g/mol. The van der Waals surface area contributed by atoms with Gasteiger partial charge in [0.25, 0.3) is 0 Å². The maximum Gasteiger partial charge on any atom is 0.354 e. The van der Waals surface area contributed by atoms with Crippen LogP contribution in [0.15, 0.2) is 18.3 Å². The van der Waals surface area contributed by atoms with Crippen molar-refractivity contribution >= 4 is 5.97 Å². The van der Waals surface area contributed by atoms with Crippen LogP contribution in [0.2, 0.25) is 0 Å². The molecule has 1 unspecified atom stereocenters. The molecule has 1 aliphatic rings. The van der Waals surface area contributed by atoms with Crippen LogP contribution in [-0.4, -0.2) is 58.6 Å².